The molecule has 0 amide bonds. The highest BCUT2D eigenvalue weighted by atomic mass is 15.2. The van der Waals surface area contributed by atoms with Crippen LogP contribution in [0.25, 0.3) is 0 Å². The molecule has 1 N–H and O–H groups in total. The number of aryl methyl sites for hydroxylation is 2. The number of rotatable bonds is 8. The molecule has 2 aliphatic rings. The topological polar surface area (TPSA) is 35.2 Å². The zero-order chi connectivity index (χ0) is 19.5. The maximum atomic E-state index is 4.47. The summed E-state index contributed by atoms with van der Waals surface area (Å²) in [7, 11) is 2.23. The van der Waals surface area contributed by atoms with E-state index in [4.69, 9.17) is 0 Å². The molecule has 1 aromatic heterocycles. The standard InChI is InChI=1S/C24H36N4/c1-4-7-21-15-22(26-25-21)17-27(3)16-19-13-20(14-19)24-9-8-23(12-18(24)2)28-10-5-6-11-28/h8-9,12,15,19-20H,4-7,10-11,13-14,16-17H2,1-3H3,(H,25,26)/t19-,20-. The Morgan fingerprint density at radius 1 is 1.18 bits per heavy atom. The molecule has 152 valence electrons. The molecule has 0 spiro atoms. The summed E-state index contributed by atoms with van der Waals surface area (Å²) in [6.45, 7) is 9.10. The Hall–Kier alpha value is -1.81. The Morgan fingerprint density at radius 3 is 2.68 bits per heavy atom. The van der Waals surface area contributed by atoms with E-state index >= 15 is 0 Å². The molecule has 0 atom stereocenters. The summed E-state index contributed by atoms with van der Waals surface area (Å²) in [6, 6.07) is 9.42. The van der Waals surface area contributed by atoms with Crippen LogP contribution in [0, 0.1) is 12.8 Å². The minimum absolute atomic E-state index is 0.757. The van der Waals surface area contributed by atoms with Crippen LogP contribution in [0.4, 0.5) is 5.69 Å². The highest BCUT2D eigenvalue weighted by molar-refractivity contribution is 5.52. The van der Waals surface area contributed by atoms with E-state index < -0.39 is 0 Å². The molecule has 1 aromatic carbocycles. The predicted octanol–water partition coefficient (Wildman–Crippen LogP) is 4.90. The maximum absolute atomic E-state index is 4.47. The molecule has 0 unspecified atom stereocenters. The average molecular weight is 381 g/mol. The smallest absolute Gasteiger partial charge is 0.0765 e. The van der Waals surface area contributed by atoms with Gasteiger partial charge in [0.25, 0.3) is 0 Å². The summed E-state index contributed by atoms with van der Waals surface area (Å²) in [4.78, 5) is 4.98. The fraction of sp³-hybridized carbons (Fsp3) is 0.625. The van der Waals surface area contributed by atoms with E-state index in [0.717, 1.165) is 24.8 Å². The number of aromatic nitrogens is 2. The third-order valence-corrected chi connectivity index (χ3v) is 6.61. The fourth-order valence-corrected chi connectivity index (χ4v) is 5.10. The lowest BCUT2D eigenvalue weighted by molar-refractivity contribution is 0.175. The molecule has 1 aliphatic carbocycles. The monoisotopic (exact) mass is 380 g/mol. The number of anilines is 1. The van der Waals surface area contributed by atoms with Crippen molar-refractivity contribution >= 4 is 5.69 Å². The Bertz CT molecular complexity index is 769. The Balaban J connectivity index is 1.25. The summed E-state index contributed by atoms with van der Waals surface area (Å²) in [6.07, 6.45) is 7.61. The molecule has 1 saturated heterocycles. The number of aromatic amines is 1. The van der Waals surface area contributed by atoms with E-state index in [1.54, 1.807) is 5.56 Å². The first kappa shape index (κ1) is 19.5. The second-order valence-corrected chi connectivity index (χ2v) is 9.10. The van der Waals surface area contributed by atoms with Crippen LogP contribution in [0.3, 0.4) is 0 Å². The van der Waals surface area contributed by atoms with Gasteiger partial charge in [-0.3, -0.25) is 5.10 Å². The molecule has 4 nitrogen and oxygen atoms in total. The van der Waals surface area contributed by atoms with Crippen molar-refractivity contribution in [3.05, 3.63) is 46.8 Å². The van der Waals surface area contributed by atoms with Gasteiger partial charge in [0.2, 0.25) is 0 Å². The molecule has 1 aliphatic heterocycles. The normalized spacial score (nSPS) is 22.1. The van der Waals surface area contributed by atoms with Gasteiger partial charge in [-0.25, -0.2) is 0 Å². The molecular formula is C24H36N4. The zero-order valence-electron chi connectivity index (χ0n) is 17.9. The maximum Gasteiger partial charge on any atom is 0.0765 e. The number of benzene rings is 1. The van der Waals surface area contributed by atoms with Crippen molar-refractivity contribution in [1.29, 1.82) is 0 Å². The highest BCUT2D eigenvalue weighted by Gasteiger charge is 2.32. The number of H-pyrrole nitrogens is 1. The second-order valence-electron chi connectivity index (χ2n) is 9.10. The molecule has 4 rings (SSSR count). The van der Waals surface area contributed by atoms with Crippen LogP contribution in [0.1, 0.15) is 67.5 Å². The van der Waals surface area contributed by atoms with Gasteiger partial charge in [-0.2, -0.15) is 5.10 Å². The van der Waals surface area contributed by atoms with Crippen LogP contribution >= 0.6 is 0 Å². The number of nitrogens with one attached hydrogen (secondary N) is 1. The molecule has 0 radical (unpaired) electrons. The van der Waals surface area contributed by atoms with Crippen molar-refractivity contribution in [3.63, 3.8) is 0 Å². The summed E-state index contributed by atoms with van der Waals surface area (Å²) < 4.78 is 0. The lowest BCUT2D eigenvalue weighted by atomic mass is 9.70. The zero-order valence-corrected chi connectivity index (χ0v) is 17.9. The van der Waals surface area contributed by atoms with Gasteiger partial charge >= 0.3 is 0 Å². The van der Waals surface area contributed by atoms with Crippen molar-refractivity contribution < 1.29 is 0 Å². The van der Waals surface area contributed by atoms with Crippen LogP contribution in [-0.4, -0.2) is 41.8 Å². The first-order chi connectivity index (χ1) is 13.6. The van der Waals surface area contributed by atoms with E-state index in [1.807, 2.05) is 0 Å². The van der Waals surface area contributed by atoms with Gasteiger partial charge in [-0.15, -0.1) is 0 Å². The van der Waals surface area contributed by atoms with Crippen LogP contribution in [0.5, 0.6) is 0 Å². The second kappa shape index (κ2) is 8.69. The van der Waals surface area contributed by atoms with Gasteiger partial charge in [0, 0.05) is 37.6 Å². The van der Waals surface area contributed by atoms with Gasteiger partial charge < -0.3 is 9.80 Å². The highest BCUT2D eigenvalue weighted by Crippen LogP contribution is 2.43. The third-order valence-electron chi connectivity index (χ3n) is 6.61. The van der Waals surface area contributed by atoms with E-state index in [2.05, 4.69) is 65.2 Å². The quantitative estimate of drug-likeness (QED) is 0.708. The van der Waals surface area contributed by atoms with Crippen molar-refractivity contribution in [2.45, 2.75) is 64.8 Å². The molecule has 2 fully saturated rings. The lowest BCUT2D eigenvalue weighted by Gasteiger charge is -2.39. The fourth-order valence-electron chi connectivity index (χ4n) is 5.10. The van der Waals surface area contributed by atoms with E-state index in [-0.39, 0.29) is 0 Å². The van der Waals surface area contributed by atoms with Crippen LogP contribution in [0.2, 0.25) is 0 Å². The molecular weight excluding hydrogens is 344 g/mol. The Labute approximate surface area is 170 Å². The molecule has 1 saturated carbocycles. The number of hydrogen-bond donors (Lipinski definition) is 1. The van der Waals surface area contributed by atoms with Crippen LogP contribution in [0.15, 0.2) is 24.3 Å². The van der Waals surface area contributed by atoms with Gasteiger partial charge in [0.05, 0.1) is 5.69 Å². The molecule has 2 heterocycles. The van der Waals surface area contributed by atoms with E-state index in [1.165, 1.54) is 74.4 Å². The van der Waals surface area contributed by atoms with Gasteiger partial charge in [-0.1, -0.05) is 19.4 Å². The molecule has 2 aromatic rings. The minimum Gasteiger partial charge on any atom is -0.372 e. The summed E-state index contributed by atoms with van der Waals surface area (Å²) in [5, 5.41) is 7.64. The van der Waals surface area contributed by atoms with Gasteiger partial charge in [0.1, 0.15) is 0 Å². The van der Waals surface area contributed by atoms with Crippen molar-refractivity contribution in [3.8, 4) is 0 Å². The van der Waals surface area contributed by atoms with Crippen LogP contribution < -0.4 is 4.90 Å². The molecule has 4 heteroatoms. The van der Waals surface area contributed by atoms with Crippen molar-refractivity contribution in [1.82, 2.24) is 15.1 Å². The predicted molar refractivity (Wildman–Crippen MR) is 117 cm³/mol. The summed E-state index contributed by atoms with van der Waals surface area (Å²) in [5.74, 6) is 1.58. The van der Waals surface area contributed by atoms with Crippen molar-refractivity contribution in [2.75, 3.05) is 31.6 Å². The van der Waals surface area contributed by atoms with E-state index in [9.17, 15) is 0 Å². The Morgan fingerprint density at radius 2 is 1.96 bits per heavy atom. The first-order valence-electron chi connectivity index (χ1n) is 11.2. The van der Waals surface area contributed by atoms with Crippen LogP contribution in [-0.2, 0) is 13.0 Å². The van der Waals surface area contributed by atoms with Gasteiger partial charge in [0.15, 0.2) is 0 Å². The third kappa shape index (κ3) is 4.43. The summed E-state index contributed by atoms with van der Waals surface area (Å²) >= 11 is 0. The number of hydrogen-bond acceptors (Lipinski definition) is 3. The minimum atomic E-state index is 0.757. The molecule has 0 bridgehead atoms. The van der Waals surface area contributed by atoms with Crippen molar-refractivity contribution in [2.24, 2.45) is 5.92 Å². The average Bonchev–Trinajstić information content (AvgIpc) is 3.31. The SMILES string of the molecule is CCCc1cc(CN(C)C[C@H]2C[C@H](c3ccc(N4CCCC4)cc3C)C2)n[nH]1. The lowest BCUT2D eigenvalue weighted by Crippen LogP contribution is -2.33. The summed E-state index contributed by atoms with van der Waals surface area (Å²) in [5.41, 5.74) is 6.94. The molecule has 28 heavy (non-hydrogen) atoms. The Kier molecular flexibility index (Phi) is 6.05. The van der Waals surface area contributed by atoms with Gasteiger partial charge in [-0.05, 0) is 87.2 Å². The van der Waals surface area contributed by atoms with E-state index in [0.29, 0.717) is 0 Å². The first-order valence-corrected chi connectivity index (χ1v) is 11.2. The number of nitrogens with zero attached hydrogens (tertiary/aromatic N) is 3. The largest absolute Gasteiger partial charge is 0.372 e.